The lowest BCUT2D eigenvalue weighted by atomic mass is 9.67. The predicted octanol–water partition coefficient (Wildman–Crippen LogP) is 4.59. The summed E-state index contributed by atoms with van der Waals surface area (Å²) in [5.74, 6) is 0.172. The Morgan fingerprint density at radius 2 is 1.77 bits per heavy atom. The van der Waals surface area contributed by atoms with Crippen LogP contribution in [0.2, 0.25) is 0 Å². The number of aliphatic carboxylic acids is 1. The fraction of sp³-hybridized carbons (Fsp3) is 0.632. The summed E-state index contributed by atoms with van der Waals surface area (Å²) < 4.78 is 5.54. The summed E-state index contributed by atoms with van der Waals surface area (Å²) in [7, 11) is 1.68. The fourth-order valence-electron chi connectivity index (χ4n) is 3.71. The Morgan fingerprint density at radius 3 is 2.23 bits per heavy atom. The highest BCUT2D eigenvalue weighted by atomic mass is 16.5. The van der Waals surface area contributed by atoms with E-state index in [0.717, 1.165) is 54.5 Å². The Balaban J connectivity index is 2.65. The number of rotatable bonds is 3. The molecule has 0 atom stereocenters. The van der Waals surface area contributed by atoms with Gasteiger partial charge in [0.1, 0.15) is 5.75 Å². The molecule has 1 N–H and O–H groups in total. The van der Waals surface area contributed by atoms with Crippen molar-refractivity contribution in [1.29, 1.82) is 0 Å². The normalized spacial score (nSPS) is 18.0. The van der Waals surface area contributed by atoms with Gasteiger partial charge in [-0.05, 0) is 47.9 Å². The van der Waals surface area contributed by atoms with Crippen LogP contribution in [-0.4, -0.2) is 18.2 Å². The zero-order chi connectivity index (χ0) is 16.5. The highest BCUT2D eigenvalue weighted by Crippen LogP contribution is 2.44. The van der Waals surface area contributed by atoms with Gasteiger partial charge in [0.05, 0.1) is 12.5 Å². The monoisotopic (exact) mass is 304 g/mol. The molecule has 0 aromatic heterocycles. The molecule has 0 bridgehead atoms. The number of benzene rings is 1. The highest BCUT2D eigenvalue weighted by Gasteiger charge is 2.43. The Labute approximate surface area is 133 Å². The minimum Gasteiger partial charge on any atom is -0.496 e. The molecule has 22 heavy (non-hydrogen) atoms. The minimum absolute atomic E-state index is 0.0812. The van der Waals surface area contributed by atoms with Crippen LogP contribution in [0.3, 0.4) is 0 Å². The van der Waals surface area contributed by atoms with E-state index in [4.69, 9.17) is 4.74 Å². The van der Waals surface area contributed by atoms with Crippen molar-refractivity contribution in [3.05, 3.63) is 28.8 Å². The van der Waals surface area contributed by atoms with Crippen LogP contribution in [0, 0.1) is 6.92 Å². The number of carbonyl (C=O) groups is 1. The van der Waals surface area contributed by atoms with E-state index in [1.165, 1.54) is 0 Å². The van der Waals surface area contributed by atoms with Gasteiger partial charge in [-0.2, -0.15) is 0 Å². The zero-order valence-electron chi connectivity index (χ0n) is 14.5. The number of hydrogen-bond acceptors (Lipinski definition) is 2. The first kappa shape index (κ1) is 16.9. The van der Waals surface area contributed by atoms with E-state index in [1.807, 2.05) is 13.0 Å². The second-order valence-corrected chi connectivity index (χ2v) is 7.57. The summed E-state index contributed by atoms with van der Waals surface area (Å²) >= 11 is 0. The van der Waals surface area contributed by atoms with E-state index in [1.54, 1.807) is 7.11 Å². The van der Waals surface area contributed by atoms with Crippen LogP contribution in [0.25, 0.3) is 0 Å². The molecule has 1 aliphatic rings. The van der Waals surface area contributed by atoms with Crippen molar-refractivity contribution in [2.24, 2.45) is 0 Å². The third-order valence-corrected chi connectivity index (χ3v) is 4.99. The second-order valence-electron chi connectivity index (χ2n) is 7.57. The molecule has 1 saturated carbocycles. The average Bonchev–Trinajstić information content (AvgIpc) is 2.46. The summed E-state index contributed by atoms with van der Waals surface area (Å²) in [5.41, 5.74) is 2.28. The van der Waals surface area contributed by atoms with E-state index in [9.17, 15) is 9.90 Å². The van der Waals surface area contributed by atoms with E-state index in [-0.39, 0.29) is 5.41 Å². The van der Waals surface area contributed by atoms with Gasteiger partial charge in [0, 0.05) is 0 Å². The second kappa shape index (κ2) is 5.94. The van der Waals surface area contributed by atoms with Crippen LogP contribution in [-0.2, 0) is 15.6 Å². The maximum absolute atomic E-state index is 12.1. The van der Waals surface area contributed by atoms with Gasteiger partial charge < -0.3 is 9.84 Å². The lowest BCUT2D eigenvalue weighted by molar-refractivity contribution is -0.145. The first-order valence-corrected chi connectivity index (χ1v) is 8.15. The first-order valence-electron chi connectivity index (χ1n) is 8.15. The average molecular weight is 304 g/mol. The van der Waals surface area contributed by atoms with Crippen molar-refractivity contribution in [2.75, 3.05) is 7.11 Å². The van der Waals surface area contributed by atoms with Crippen molar-refractivity contribution < 1.29 is 14.6 Å². The largest absolute Gasteiger partial charge is 0.496 e. The number of carboxylic acids is 1. The summed E-state index contributed by atoms with van der Waals surface area (Å²) in [4.78, 5) is 12.1. The van der Waals surface area contributed by atoms with Gasteiger partial charge in [0.25, 0.3) is 0 Å². The highest BCUT2D eigenvalue weighted by molar-refractivity contribution is 5.82. The van der Waals surface area contributed by atoms with Crippen molar-refractivity contribution >= 4 is 5.97 Å². The van der Waals surface area contributed by atoms with Crippen LogP contribution < -0.4 is 4.74 Å². The standard InChI is InChI=1S/C19H28O3/c1-13-11-16(22-5)15(18(2,3)4)12-14(13)19(17(20)21)9-7-6-8-10-19/h11-12H,6-10H2,1-5H3,(H,20,21). The number of carboxylic acid groups (broad SMARTS) is 1. The van der Waals surface area contributed by atoms with Crippen molar-refractivity contribution in [3.63, 3.8) is 0 Å². The molecule has 0 radical (unpaired) electrons. The van der Waals surface area contributed by atoms with Gasteiger partial charge in [-0.3, -0.25) is 4.79 Å². The van der Waals surface area contributed by atoms with Crippen molar-refractivity contribution in [1.82, 2.24) is 0 Å². The van der Waals surface area contributed by atoms with E-state index in [0.29, 0.717) is 0 Å². The lowest BCUT2D eigenvalue weighted by Gasteiger charge is -2.36. The van der Waals surface area contributed by atoms with Gasteiger partial charge in [0.2, 0.25) is 0 Å². The number of methoxy groups -OCH3 is 1. The molecule has 3 nitrogen and oxygen atoms in total. The van der Waals surface area contributed by atoms with Crippen LogP contribution in [0.5, 0.6) is 5.75 Å². The molecule has 0 aliphatic heterocycles. The molecule has 1 fully saturated rings. The Bertz CT molecular complexity index is 561. The summed E-state index contributed by atoms with van der Waals surface area (Å²) in [6.45, 7) is 8.42. The Hall–Kier alpha value is -1.51. The molecule has 1 aromatic carbocycles. The van der Waals surface area contributed by atoms with Crippen LogP contribution in [0.15, 0.2) is 12.1 Å². The van der Waals surface area contributed by atoms with Gasteiger partial charge in [0.15, 0.2) is 0 Å². The summed E-state index contributed by atoms with van der Waals surface area (Å²) in [5, 5.41) is 9.96. The van der Waals surface area contributed by atoms with Crippen LogP contribution in [0.4, 0.5) is 0 Å². The molecule has 0 unspecified atom stereocenters. The van der Waals surface area contributed by atoms with Gasteiger partial charge >= 0.3 is 5.97 Å². The molecule has 0 saturated heterocycles. The van der Waals surface area contributed by atoms with Crippen molar-refractivity contribution in [2.45, 2.75) is 70.6 Å². The van der Waals surface area contributed by atoms with Crippen LogP contribution in [0.1, 0.15) is 69.6 Å². The molecule has 0 spiro atoms. The molecule has 1 aliphatic carbocycles. The molecule has 122 valence electrons. The predicted molar refractivity (Wildman–Crippen MR) is 88.8 cm³/mol. The molecule has 2 rings (SSSR count). The quantitative estimate of drug-likeness (QED) is 0.888. The van der Waals surface area contributed by atoms with Crippen molar-refractivity contribution in [3.8, 4) is 5.75 Å². The van der Waals surface area contributed by atoms with Gasteiger partial charge in [-0.25, -0.2) is 0 Å². The molecule has 1 aromatic rings. The molecule has 0 heterocycles. The summed E-state index contributed by atoms with van der Waals surface area (Å²) in [6.07, 6.45) is 4.58. The van der Waals surface area contributed by atoms with Gasteiger partial charge in [-0.1, -0.05) is 46.1 Å². The third-order valence-electron chi connectivity index (χ3n) is 4.99. The minimum atomic E-state index is -0.728. The van der Waals surface area contributed by atoms with Gasteiger partial charge in [-0.15, -0.1) is 0 Å². The lowest BCUT2D eigenvalue weighted by Crippen LogP contribution is -2.38. The maximum Gasteiger partial charge on any atom is 0.314 e. The topological polar surface area (TPSA) is 46.5 Å². The number of aryl methyl sites for hydroxylation is 1. The summed E-state index contributed by atoms with van der Waals surface area (Å²) in [6, 6.07) is 4.10. The van der Waals surface area contributed by atoms with E-state index < -0.39 is 11.4 Å². The molecular formula is C19H28O3. The first-order chi connectivity index (χ1) is 10.2. The fourth-order valence-corrected chi connectivity index (χ4v) is 3.71. The maximum atomic E-state index is 12.1. The molecule has 3 heteroatoms. The zero-order valence-corrected chi connectivity index (χ0v) is 14.5. The SMILES string of the molecule is COc1cc(C)c(C2(C(=O)O)CCCCC2)cc1C(C)(C)C. The van der Waals surface area contributed by atoms with E-state index >= 15 is 0 Å². The smallest absolute Gasteiger partial charge is 0.314 e. The number of hydrogen-bond donors (Lipinski definition) is 1. The Kier molecular flexibility index (Phi) is 4.55. The van der Waals surface area contributed by atoms with Crippen LogP contribution >= 0.6 is 0 Å². The van der Waals surface area contributed by atoms with E-state index in [2.05, 4.69) is 26.8 Å². The molecular weight excluding hydrogens is 276 g/mol. The number of ether oxygens (including phenoxy) is 1. The molecule has 0 amide bonds. The third kappa shape index (κ3) is 2.86. The Morgan fingerprint density at radius 1 is 1.18 bits per heavy atom.